The van der Waals surface area contributed by atoms with Crippen molar-refractivity contribution in [1.82, 2.24) is 44.2 Å². The van der Waals surface area contributed by atoms with Gasteiger partial charge in [0.05, 0.1) is 87.3 Å². The molecule has 0 radical (unpaired) electrons. The van der Waals surface area contributed by atoms with Crippen molar-refractivity contribution in [2.24, 2.45) is 4.99 Å². The highest BCUT2D eigenvalue weighted by atomic mass is 35.5. The number of aliphatic imine (C=N–C) groups is 1. The van der Waals surface area contributed by atoms with Gasteiger partial charge in [-0.2, -0.15) is 4.68 Å². The number of piperazine rings is 1. The number of anilines is 2. The zero-order valence-electron chi connectivity index (χ0n) is 50.8. The number of amides is 4. The van der Waals surface area contributed by atoms with Crippen molar-refractivity contribution in [1.29, 1.82) is 0 Å². The average molecular weight is 1230 g/mol. The van der Waals surface area contributed by atoms with Crippen LogP contribution in [0.5, 0.6) is 5.75 Å². The zero-order valence-corrected chi connectivity index (χ0v) is 52.3. The van der Waals surface area contributed by atoms with Crippen molar-refractivity contribution < 1.29 is 33.0 Å². The van der Waals surface area contributed by atoms with E-state index in [-0.39, 0.29) is 73.3 Å². The monoisotopic (exact) mass is 1220 g/mol. The molecule has 4 aliphatic heterocycles. The molecule has 2 N–H and O–H groups in total. The number of urea groups is 1. The lowest BCUT2D eigenvalue weighted by atomic mass is 9.71. The molecular weight excluding hydrogens is 1150 g/mol. The van der Waals surface area contributed by atoms with Gasteiger partial charge < -0.3 is 44.4 Å². The van der Waals surface area contributed by atoms with Crippen molar-refractivity contribution in [2.45, 2.75) is 96.4 Å². The van der Waals surface area contributed by atoms with E-state index < -0.39 is 22.8 Å². The fourth-order valence-corrected chi connectivity index (χ4v) is 12.5. The van der Waals surface area contributed by atoms with Crippen molar-refractivity contribution in [2.75, 3.05) is 104 Å². The van der Waals surface area contributed by atoms with Gasteiger partial charge in [0.25, 0.3) is 5.91 Å². The Morgan fingerprint density at radius 1 is 0.897 bits per heavy atom. The minimum atomic E-state index is -1.05. The van der Waals surface area contributed by atoms with Crippen LogP contribution < -0.4 is 15.4 Å². The first kappa shape index (κ1) is 62.4. The number of ether oxygens (including phenoxy) is 3. The number of nitrogens with two attached hydrogens (primary N) is 1. The number of carbonyl (C=O) groups excluding carboxylic acids is 3. The van der Waals surface area contributed by atoms with Gasteiger partial charge in [0.15, 0.2) is 11.6 Å². The van der Waals surface area contributed by atoms with Crippen LogP contribution in [0, 0.1) is 12.4 Å². The zero-order chi connectivity index (χ0) is 62.0. The first-order valence-electron chi connectivity index (χ1n) is 29.7. The van der Waals surface area contributed by atoms with Gasteiger partial charge >= 0.3 is 11.8 Å². The molecule has 0 unspecified atom stereocenters. The number of nitrogens with zero attached hydrogens (tertiary/aromatic N) is 12. The lowest BCUT2D eigenvalue weighted by Crippen LogP contribution is -2.60. The van der Waals surface area contributed by atoms with E-state index in [0.29, 0.717) is 122 Å². The van der Waals surface area contributed by atoms with E-state index >= 15 is 9.18 Å². The summed E-state index contributed by atoms with van der Waals surface area (Å²) in [6.45, 7) is 26.3. The third-order valence-corrected chi connectivity index (χ3v) is 17.9. The Morgan fingerprint density at radius 3 is 2.26 bits per heavy atom. The van der Waals surface area contributed by atoms with Crippen molar-refractivity contribution >= 4 is 64.3 Å². The maximum absolute atomic E-state index is 15.6. The second-order valence-corrected chi connectivity index (χ2v) is 24.8. The molecule has 10 rings (SSSR count). The van der Waals surface area contributed by atoms with Crippen LogP contribution in [-0.2, 0) is 43.9 Å². The number of likely N-dealkylation sites (N-methyl/N-ethyl adjacent to an activating group) is 1. The summed E-state index contributed by atoms with van der Waals surface area (Å²) in [5.74, 6) is 0.742. The van der Waals surface area contributed by atoms with E-state index in [2.05, 4.69) is 66.6 Å². The number of hydrogen-bond acceptors (Lipinski definition) is 13. The predicted octanol–water partition coefficient (Wildman–Crippen LogP) is 10.8. The van der Waals surface area contributed by atoms with Crippen LogP contribution in [0.2, 0.25) is 10.0 Å². The van der Waals surface area contributed by atoms with Gasteiger partial charge in [0.2, 0.25) is 5.91 Å². The minimum absolute atomic E-state index is 0.00172. The molecule has 6 aromatic rings. The van der Waals surface area contributed by atoms with Gasteiger partial charge in [-0.1, -0.05) is 80.9 Å². The standard InChI is InChI=1S/C65H76Cl2FN13O6/c1-10-87-54-39-46(63(2,3)4)17-22-50(54)59-73-64(5,44-13-18-47(66)19-14-44)65(6,45-15-20-48(67)21-16-45)81(59)62(84)78-28-26-77(27-29-78)31-33-86-35-34-85-32-23-55(82)75(8)25-30-80-53-41-76(9)61(83)43-36-42(37-49(68)38-43)52-12-11-24-79(52)60-57(69)71-40-51(72-60)56(53)58(70-7)74-80/h13-22,36-40,52H,10-12,23-35,41H2,1-6,8-9H3,(H2,69,71)/t52-,64+,65-/m1/s1. The van der Waals surface area contributed by atoms with Gasteiger partial charge in [0.1, 0.15) is 28.5 Å². The molecule has 4 aromatic carbocycles. The average Bonchev–Trinajstić information content (AvgIpc) is 1.57. The van der Waals surface area contributed by atoms with Crippen LogP contribution in [0.25, 0.3) is 16.1 Å². The Morgan fingerprint density at radius 2 is 1.59 bits per heavy atom. The van der Waals surface area contributed by atoms with E-state index in [4.69, 9.17) is 59.7 Å². The lowest BCUT2D eigenvalue weighted by molar-refractivity contribution is -0.131. The van der Waals surface area contributed by atoms with Gasteiger partial charge in [-0.25, -0.2) is 19.2 Å². The molecule has 2 saturated heterocycles. The van der Waals surface area contributed by atoms with Crippen LogP contribution in [0.15, 0.2) is 96.1 Å². The molecule has 0 spiro atoms. The number of benzene rings is 4. The third kappa shape index (κ3) is 12.7. The summed E-state index contributed by atoms with van der Waals surface area (Å²) in [6.07, 6.45) is 3.11. The predicted molar refractivity (Wildman–Crippen MR) is 335 cm³/mol. The number of halogens is 3. The van der Waals surface area contributed by atoms with Gasteiger partial charge in [-0.15, -0.1) is 0 Å². The van der Waals surface area contributed by atoms with Crippen molar-refractivity contribution in [3.63, 3.8) is 0 Å². The molecule has 4 bridgehead atoms. The number of fused-ring (bicyclic) bond motifs is 9. The minimum Gasteiger partial charge on any atom is -0.493 e. The highest BCUT2D eigenvalue weighted by Gasteiger charge is 2.60. The van der Waals surface area contributed by atoms with Gasteiger partial charge in [0, 0.05) is 75.5 Å². The van der Waals surface area contributed by atoms with Gasteiger partial charge in [-0.3, -0.25) is 24.4 Å². The molecule has 3 atom stereocenters. The number of amidine groups is 1. The molecule has 19 nitrogen and oxygen atoms in total. The first-order chi connectivity index (χ1) is 41.6. The number of rotatable bonds is 17. The number of nitrogen functional groups attached to an aromatic ring is 1. The first-order valence-corrected chi connectivity index (χ1v) is 30.4. The summed E-state index contributed by atoms with van der Waals surface area (Å²) in [5.41, 5.74) is 9.93. The summed E-state index contributed by atoms with van der Waals surface area (Å²) in [6, 6.07) is 25.5. The van der Waals surface area contributed by atoms with Crippen LogP contribution >= 0.6 is 23.2 Å². The van der Waals surface area contributed by atoms with E-state index in [1.807, 2.05) is 76.2 Å². The van der Waals surface area contributed by atoms with E-state index in [1.54, 1.807) is 29.7 Å². The fraction of sp³-hybridized carbons (Fsp3) is 0.446. The Balaban J connectivity index is 0.734. The summed E-state index contributed by atoms with van der Waals surface area (Å²) in [7, 11) is 3.31. The quantitative estimate of drug-likeness (QED) is 0.0674. The van der Waals surface area contributed by atoms with Crippen LogP contribution in [0.1, 0.15) is 111 Å². The number of hydrogen-bond donors (Lipinski definition) is 1. The van der Waals surface area contributed by atoms with Crippen molar-refractivity contribution in [3.8, 4) is 17.0 Å². The van der Waals surface area contributed by atoms with E-state index in [0.717, 1.165) is 28.7 Å². The summed E-state index contributed by atoms with van der Waals surface area (Å²) in [5, 5.41) is 5.84. The SMILES string of the molecule is [C-]#[N+]c1nn(CCN(C)C(=O)CCOCCOCCN2CCN(C(=O)N3C(c4ccc(C(C)(C)C)cc4OCC)=N[C@@](C)(c4ccc(Cl)cc4)[C@@]3(C)c3ccc(Cl)cc3)CC2)c2c1-c1cnc(N)c(n1)N1CCC[C@@H]1c1cc(F)cc(c1)C(=O)N(C)C2. The highest BCUT2D eigenvalue weighted by molar-refractivity contribution is 6.30. The smallest absolute Gasteiger partial charge is 0.326 e. The van der Waals surface area contributed by atoms with E-state index in [9.17, 15) is 9.59 Å². The molecule has 6 heterocycles. The fourth-order valence-electron chi connectivity index (χ4n) is 12.3. The Bertz CT molecular complexity index is 3600. The summed E-state index contributed by atoms with van der Waals surface area (Å²) in [4.78, 5) is 72.9. The number of aromatic nitrogens is 4. The second-order valence-electron chi connectivity index (χ2n) is 24.0. The maximum atomic E-state index is 15.6. The summed E-state index contributed by atoms with van der Waals surface area (Å²) < 4.78 is 35.1. The van der Waals surface area contributed by atoms with Crippen LogP contribution in [0.3, 0.4) is 0 Å². The van der Waals surface area contributed by atoms with Crippen LogP contribution in [-0.4, -0.2) is 161 Å². The Labute approximate surface area is 518 Å². The molecule has 87 heavy (non-hydrogen) atoms. The molecule has 458 valence electrons. The maximum Gasteiger partial charge on any atom is 0.326 e. The summed E-state index contributed by atoms with van der Waals surface area (Å²) >= 11 is 13.0. The molecule has 0 aliphatic carbocycles. The third-order valence-electron chi connectivity index (χ3n) is 17.4. The topological polar surface area (TPSA) is 185 Å². The molecule has 22 heteroatoms. The highest BCUT2D eigenvalue weighted by Crippen LogP contribution is 2.54. The van der Waals surface area contributed by atoms with Gasteiger partial charge in [-0.05, 0) is 121 Å². The Kier molecular flexibility index (Phi) is 18.6. The Hall–Kier alpha value is -7.67. The molecule has 2 fully saturated rings. The largest absolute Gasteiger partial charge is 0.493 e. The molecule has 2 aromatic heterocycles. The van der Waals surface area contributed by atoms with Crippen molar-refractivity contribution in [3.05, 3.63) is 157 Å². The molecule has 0 saturated carbocycles. The van der Waals surface area contributed by atoms with E-state index in [1.165, 1.54) is 23.2 Å². The van der Waals surface area contributed by atoms with Crippen LogP contribution in [0.4, 0.5) is 26.6 Å². The second kappa shape index (κ2) is 26.0. The normalized spacial score (nSPS) is 19.6. The lowest BCUT2D eigenvalue weighted by Gasteiger charge is -2.47. The molecule has 4 aliphatic rings. The molecule has 4 amide bonds. The molecular formula is C65H76Cl2FN13O6. The number of carbonyl (C=O) groups is 3.